The molecule has 1 fully saturated rings. The Kier molecular flexibility index (Phi) is 4.07. The number of alkyl halides is 2. The average Bonchev–Trinajstić information content (AvgIpc) is 2.03. The van der Waals surface area contributed by atoms with Crippen molar-refractivity contribution in [3.8, 4) is 0 Å². The summed E-state index contributed by atoms with van der Waals surface area (Å²) in [7, 11) is 0. The van der Waals surface area contributed by atoms with Crippen LogP contribution in [0.25, 0.3) is 0 Å². The number of hydrogen-bond acceptors (Lipinski definition) is 2. The molecule has 0 aromatic heterocycles. The number of hydrogen-bond donors (Lipinski definition) is 0. The third kappa shape index (κ3) is 2.52. The number of halogens is 2. The van der Waals surface area contributed by atoms with Crippen LogP contribution < -0.4 is 0 Å². The Hall–Kier alpha value is 0.880. The highest BCUT2D eigenvalue weighted by Crippen LogP contribution is 2.41. The normalized spacial score (nSPS) is 29.6. The van der Waals surface area contributed by atoms with Crippen LogP contribution in [0, 0.1) is 5.41 Å². The van der Waals surface area contributed by atoms with Gasteiger partial charge in [-0.25, -0.2) is 0 Å². The minimum atomic E-state index is -0.437. The van der Waals surface area contributed by atoms with E-state index in [1.165, 1.54) is 0 Å². The number of rotatable bonds is 2. The molecule has 1 heterocycles. The minimum absolute atomic E-state index is 0.0233. The van der Waals surface area contributed by atoms with Crippen LogP contribution in [0.4, 0.5) is 0 Å². The summed E-state index contributed by atoms with van der Waals surface area (Å²) in [5.74, 6) is -0.437. The van der Waals surface area contributed by atoms with E-state index in [1.807, 2.05) is 13.8 Å². The van der Waals surface area contributed by atoms with Gasteiger partial charge >= 0.3 is 0 Å². The van der Waals surface area contributed by atoms with Crippen LogP contribution in [0.15, 0.2) is 0 Å². The summed E-state index contributed by atoms with van der Waals surface area (Å²) in [4.78, 5) is 0.723. The molecular weight excluding hydrogens is 312 g/mol. The van der Waals surface area contributed by atoms with Gasteiger partial charge in [0, 0.05) is 15.1 Å². The topological polar surface area (TPSA) is 18.5 Å². The van der Waals surface area contributed by atoms with E-state index in [9.17, 15) is 0 Å². The lowest BCUT2D eigenvalue weighted by Gasteiger charge is -2.46. The molecule has 1 rings (SSSR count). The molecule has 2 atom stereocenters. The molecule has 4 heteroatoms. The zero-order valence-electron chi connectivity index (χ0n) is 9.14. The maximum atomic E-state index is 5.72. The Labute approximate surface area is 103 Å². The van der Waals surface area contributed by atoms with E-state index in [2.05, 4.69) is 45.7 Å². The summed E-state index contributed by atoms with van der Waals surface area (Å²) in [6.07, 6.45) is 0. The highest BCUT2D eigenvalue weighted by atomic mass is 79.9. The predicted molar refractivity (Wildman–Crippen MR) is 65.2 cm³/mol. The molecule has 0 amide bonds. The zero-order valence-corrected chi connectivity index (χ0v) is 12.3. The summed E-state index contributed by atoms with van der Waals surface area (Å²) in [6.45, 7) is 9.63. The van der Waals surface area contributed by atoms with E-state index in [1.54, 1.807) is 0 Å². The molecule has 0 bridgehead atoms. The van der Waals surface area contributed by atoms with Crippen LogP contribution in [0.5, 0.6) is 0 Å². The molecule has 0 aliphatic carbocycles. The van der Waals surface area contributed by atoms with E-state index >= 15 is 0 Å². The molecule has 0 spiro atoms. The first-order valence-electron chi connectivity index (χ1n) is 4.86. The number of ether oxygens (including phenoxy) is 2. The Morgan fingerprint density at radius 1 is 1.00 bits per heavy atom. The molecule has 1 aliphatic heterocycles. The summed E-state index contributed by atoms with van der Waals surface area (Å²) in [5.41, 5.74) is 0.0233. The first kappa shape index (κ1) is 12.9. The lowest BCUT2D eigenvalue weighted by atomic mass is 9.83. The summed E-state index contributed by atoms with van der Waals surface area (Å²) in [5, 5.41) is 0. The fourth-order valence-electron chi connectivity index (χ4n) is 1.48. The monoisotopic (exact) mass is 328 g/mol. The maximum Gasteiger partial charge on any atom is 0.162 e. The third-order valence-corrected chi connectivity index (χ3v) is 4.79. The molecule has 2 nitrogen and oxygen atoms in total. The minimum Gasteiger partial charge on any atom is -0.350 e. The van der Waals surface area contributed by atoms with Crippen molar-refractivity contribution in [2.24, 2.45) is 5.41 Å². The van der Waals surface area contributed by atoms with Crippen LogP contribution in [0.1, 0.15) is 27.7 Å². The molecule has 1 aliphatic rings. The molecule has 84 valence electrons. The van der Waals surface area contributed by atoms with Crippen molar-refractivity contribution in [2.45, 2.75) is 43.1 Å². The van der Waals surface area contributed by atoms with Gasteiger partial charge in [-0.1, -0.05) is 45.7 Å². The van der Waals surface area contributed by atoms with Gasteiger partial charge in [0.15, 0.2) is 5.79 Å². The quantitative estimate of drug-likeness (QED) is 0.723. The molecule has 1 saturated heterocycles. The molecule has 0 aromatic carbocycles. The standard InChI is InChI=1S/C10H18Br2O2/c1-7(11)10(8(2)12)5-13-9(3,4)14-6-10/h7-8H,5-6H2,1-4H3. The molecule has 0 aromatic rings. The highest BCUT2D eigenvalue weighted by molar-refractivity contribution is 9.10. The molecule has 0 saturated carbocycles. The van der Waals surface area contributed by atoms with Crippen LogP contribution in [-0.2, 0) is 9.47 Å². The Bertz CT molecular complexity index is 182. The second kappa shape index (κ2) is 4.40. The van der Waals surface area contributed by atoms with Gasteiger partial charge < -0.3 is 9.47 Å². The summed E-state index contributed by atoms with van der Waals surface area (Å²) >= 11 is 7.28. The first-order chi connectivity index (χ1) is 6.30. The second-order valence-corrected chi connectivity index (χ2v) is 7.19. The van der Waals surface area contributed by atoms with Gasteiger partial charge in [0.05, 0.1) is 13.2 Å². The van der Waals surface area contributed by atoms with Gasteiger partial charge in [0.2, 0.25) is 0 Å². The molecular formula is C10H18Br2O2. The van der Waals surface area contributed by atoms with Crippen molar-refractivity contribution in [3.63, 3.8) is 0 Å². The van der Waals surface area contributed by atoms with Gasteiger partial charge in [-0.15, -0.1) is 0 Å². The van der Waals surface area contributed by atoms with Crippen molar-refractivity contribution >= 4 is 31.9 Å². The first-order valence-corrected chi connectivity index (χ1v) is 6.69. The van der Waals surface area contributed by atoms with Crippen LogP contribution in [0.3, 0.4) is 0 Å². The van der Waals surface area contributed by atoms with Crippen molar-refractivity contribution in [1.29, 1.82) is 0 Å². The fourth-order valence-corrected chi connectivity index (χ4v) is 3.15. The third-order valence-electron chi connectivity index (χ3n) is 2.96. The van der Waals surface area contributed by atoms with E-state index in [0.29, 0.717) is 9.65 Å². The Morgan fingerprint density at radius 2 is 1.36 bits per heavy atom. The molecule has 14 heavy (non-hydrogen) atoms. The predicted octanol–water partition coefficient (Wildman–Crippen LogP) is 3.32. The molecule has 0 N–H and O–H groups in total. The maximum absolute atomic E-state index is 5.72. The largest absolute Gasteiger partial charge is 0.350 e. The SMILES string of the molecule is CC(Br)C1(C(C)Br)COC(C)(C)OC1. The van der Waals surface area contributed by atoms with E-state index in [0.717, 1.165) is 13.2 Å². The van der Waals surface area contributed by atoms with Crippen LogP contribution in [-0.4, -0.2) is 28.7 Å². The van der Waals surface area contributed by atoms with E-state index in [4.69, 9.17) is 9.47 Å². The van der Waals surface area contributed by atoms with Crippen LogP contribution in [0.2, 0.25) is 0 Å². The summed E-state index contributed by atoms with van der Waals surface area (Å²) < 4.78 is 11.4. The van der Waals surface area contributed by atoms with Gasteiger partial charge in [-0.3, -0.25) is 0 Å². The second-order valence-electron chi connectivity index (χ2n) is 4.44. The van der Waals surface area contributed by atoms with Crippen molar-refractivity contribution in [1.82, 2.24) is 0 Å². The zero-order chi connectivity index (χ0) is 11.0. The van der Waals surface area contributed by atoms with Crippen molar-refractivity contribution < 1.29 is 9.47 Å². The Morgan fingerprint density at radius 3 is 1.64 bits per heavy atom. The lowest BCUT2D eigenvalue weighted by Crippen LogP contribution is -2.53. The van der Waals surface area contributed by atoms with Gasteiger partial charge in [-0.2, -0.15) is 0 Å². The van der Waals surface area contributed by atoms with Gasteiger partial charge in [0.25, 0.3) is 0 Å². The van der Waals surface area contributed by atoms with E-state index in [-0.39, 0.29) is 5.41 Å². The summed E-state index contributed by atoms with van der Waals surface area (Å²) in [6, 6.07) is 0. The van der Waals surface area contributed by atoms with Gasteiger partial charge in [0.1, 0.15) is 0 Å². The highest BCUT2D eigenvalue weighted by Gasteiger charge is 2.46. The lowest BCUT2D eigenvalue weighted by molar-refractivity contribution is -0.283. The fraction of sp³-hybridized carbons (Fsp3) is 1.00. The average molecular weight is 330 g/mol. The van der Waals surface area contributed by atoms with E-state index < -0.39 is 5.79 Å². The van der Waals surface area contributed by atoms with Crippen molar-refractivity contribution in [2.75, 3.05) is 13.2 Å². The smallest absolute Gasteiger partial charge is 0.162 e. The Balaban J connectivity index is 2.75. The van der Waals surface area contributed by atoms with Crippen LogP contribution >= 0.6 is 31.9 Å². The van der Waals surface area contributed by atoms with Crippen molar-refractivity contribution in [3.05, 3.63) is 0 Å². The molecule has 0 radical (unpaired) electrons. The van der Waals surface area contributed by atoms with Gasteiger partial charge in [-0.05, 0) is 13.8 Å². The molecule has 2 unspecified atom stereocenters.